The van der Waals surface area contributed by atoms with E-state index in [1.807, 2.05) is 20.8 Å². The highest BCUT2D eigenvalue weighted by Crippen LogP contribution is 2.15. The molecule has 0 aliphatic carbocycles. The molecule has 0 atom stereocenters. The minimum atomic E-state index is -0.448. The van der Waals surface area contributed by atoms with Gasteiger partial charge in [0.1, 0.15) is 0 Å². The molecule has 0 bridgehead atoms. The zero-order valence-corrected chi connectivity index (χ0v) is 13.8. The van der Waals surface area contributed by atoms with E-state index in [2.05, 4.69) is 6.58 Å². The van der Waals surface area contributed by atoms with Crippen molar-refractivity contribution < 1.29 is 19.1 Å². The summed E-state index contributed by atoms with van der Waals surface area (Å²) in [6.45, 7) is 13.0. The largest absolute Gasteiger partial charge is 0.462 e. The highest BCUT2D eigenvalue weighted by Gasteiger charge is 2.28. The maximum Gasteiger partial charge on any atom is 0.333 e. The van der Waals surface area contributed by atoms with Crippen molar-refractivity contribution in [3.8, 4) is 0 Å². The molecule has 0 aliphatic heterocycles. The first-order valence-corrected chi connectivity index (χ1v) is 7.22. The summed E-state index contributed by atoms with van der Waals surface area (Å²) < 4.78 is 4.99. The van der Waals surface area contributed by atoms with Gasteiger partial charge in [0.25, 0.3) is 5.91 Å². The van der Waals surface area contributed by atoms with Crippen molar-refractivity contribution >= 4 is 17.7 Å². The van der Waals surface area contributed by atoms with Crippen LogP contribution in [0.1, 0.15) is 53.9 Å². The molecule has 0 spiro atoms. The number of esters is 1. The van der Waals surface area contributed by atoms with E-state index < -0.39 is 11.7 Å². The smallest absolute Gasteiger partial charge is 0.333 e. The third-order valence-corrected chi connectivity index (χ3v) is 2.96. The predicted octanol–water partition coefficient (Wildman–Crippen LogP) is 2.49. The Morgan fingerprint density at radius 3 is 2.05 bits per heavy atom. The highest BCUT2D eigenvalue weighted by atomic mass is 16.5. The van der Waals surface area contributed by atoms with E-state index in [1.54, 1.807) is 11.8 Å². The number of amides is 1. The van der Waals surface area contributed by atoms with Crippen LogP contribution in [0.3, 0.4) is 0 Å². The number of rotatable bonds is 8. The van der Waals surface area contributed by atoms with Crippen molar-refractivity contribution in [2.75, 3.05) is 13.2 Å². The van der Waals surface area contributed by atoms with Crippen LogP contribution >= 0.6 is 0 Å². The number of hydrogen-bond donors (Lipinski definition) is 0. The van der Waals surface area contributed by atoms with Crippen LogP contribution in [0.2, 0.25) is 0 Å². The maximum absolute atomic E-state index is 11.9. The lowest BCUT2D eigenvalue weighted by atomic mass is 10.0. The van der Waals surface area contributed by atoms with E-state index in [0.717, 1.165) is 19.3 Å². The quantitative estimate of drug-likeness (QED) is 0.299. The van der Waals surface area contributed by atoms with Crippen LogP contribution in [0.4, 0.5) is 0 Å². The van der Waals surface area contributed by atoms with Crippen LogP contribution in [-0.4, -0.2) is 41.3 Å². The molecule has 0 heterocycles. The average Bonchev–Trinajstić information content (AvgIpc) is 2.34. The Hall–Kier alpha value is -1.65. The van der Waals surface area contributed by atoms with E-state index in [1.165, 1.54) is 6.92 Å². The van der Waals surface area contributed by atoms with Gasteiger partial charge in [-0.25, -0.2) is 4.79 Å². The number of unbranched alkanes of at least 4 members (excludes halogenated alkanes) is 2. The first kappa shape index (κ1) is 19.4. The molecule has 5 heteroatoms. The molecule has 0 aliphatic rings. The summed E-state index contributed by atoms with van der Waals surface area (Å²) in [6, 6.07) is 0. The molecule has 21 heavy (non-hydrogen) atoms. The third kappa shape index (κ3) is 7.63. The number of nitrogens with zero attached hydrogens (tertiary/aromatic N) is 1. The number of ether oxygens (including phenoxy) is 1. The Morgan fingerprint density at radius 2 is 1.62 bits per heavy atom. The van der Waals surface area contributed by atoms with Crippen molar-refractivity contribution in [1.82, 2.24) is 4.90 Å². The average molecular weight is 297 g/mol. The van der Waals surface area contributed by atoms with E-state index in [4.69, 9.17) is 4.74 Å². The van der Waals surface area contributed by atoms with Gasteiger partial charge in [0.05, 0.1) is 6.61 Å². The van der Waals surface area contributed by atoms with Crippen LogP contribution in [0.25, 0.3) is 0 Å². The second-order valence-electron chi connectivity index (χ2n) is 6.16. The molecule has 0 saturated heterocycles. The summed E-state index contributed by atoms with van der Waals surface area (Å²) in [5, 5.41) is 0. The maximum atomic E-state index is 11.9. The van der Waals surface area contributed by atoms with Crippen LogP contribution in [-0.2, 0) is 19.1 Å². The minimum absolute atomic E-state index is 0.349. The second-order valence-corrected chi connectivity index (χ2v) is 6.16. The van der Waals surface area contributed by atoms with Crippen molar-refractivity contribution in [2.24, 2.45) is 0 Å². The fourth-order valence-electron chi connectivity index (χ4n) is 1.77. The third-order valence-electron chi connectivity index (χ3n) is 2.96. The minimum Gasteiger partial charge on any atom is -0.462 e. The van der Waals surface area contributed by atoms with Gasteiger partial charge in [-0.15, -0.1) is 0 Å². The van der Waals surface area contributed by atoms with Gasteiger partial charge >= 0.3 is 5.97 Å². The molecule has 0 aromatic carbocycles. The van der Waals surface area contributed by atoms with Gasteiger partial charge in [-0.3, -0.25) is 9.59 Å². The first-order valence-electron chi connectivity index (χ1n) is 7.22. The van der Waals surface area contributed by atoms with Gasteiger partial charge < -0.3 is 9.64 Å². The van der Waals surface area contributed by atoms with Crippen LogP contribution in [0.15, 0.2) is 12.2 Å². The van der Waals surface area contributed by atoms with Crippen LogP contribution in [0, 0.1) is 0 Å². The zero-order valence-electron chi connectivity index (χ0n) is 13.8. The standard InChI is InChI=1S/C16H27NO4/c1-12(2)15(20)21-11-9-7-8-10-17(16(4,5)6)14(19)13(3)18/h1,7-11H2,2-6H3. The summed E-state index contributed by atoms with van der Waals surface area (Å²) in [5.74, 6) is -1.27. The van der Waals surface area contributed by atoms with Gasteiger partial charge in [0.15, 0.2) is 0 Å². The molecule has 120 valence electrons. The Bertz CT molecular complexity index is 407. The van der Waals surface area contributed by atoms with Gasteiger partial charge in [0.2, 0.25) is 5.78 Å². The SMILES string of the molecule is C=C(C)C(=O)OCCCCCN(C(=O)C(C)=O)C(C)(C)C. The molecule has 0 N–H and O–H groups in total. The Balaban J connectivity index is 4.12. The van der Waals surface area contributed by atoms with E-state index in [-0.39, 0.29) is 11.5 Å². The number of carbonyl (C=O) groups is 3. The summed E-state index contributed by atoms with van der Waals surface area (Å²) in [6.07, 6.45) is 2.31. The van der Waals surface area contributed by atoms with Crippen molar-refractivity contribution in [1.29, 1.82) is 0 Å². The number of hydrogen-bond acceptors (Lipinski definition) is 4. The molecule has 1 amide bonds. The van der Waals surface area contributed by atoms with Gasteiger partial charge in [-0.2, -0.15) is 0 Å². The Labute approximate surface area is 127 Å². The molecule has 0 aromatic heterocycles. The van der Waals surface area contributed by atoms with Crippen LogP contribution < -0.4 is 0 Å². The van der Waals surface area contributed by atoms with Crippen molar-refractivity contribution in [3.05, 3.63) is 12.2 Å². The molecule has 5 nitrogen and oxygen atoms in total. The van der Waals surface area contributed by atoms with Crippen molar-refractivity contribution in [3.63, 3.8) is 0 Å². The molecule has 0 saturated carbocycles. The zero-order chi connectivity index (χ0) is 16.6. The molecule has 0 radical (unpaired) electrons. The van der Waals surface area contributed by atoms with Gasteiger partial charge in [-0.1, -0.05) is 6.58 Å². The number of ketones is 1. The highest BCUT2D eigenvalue weighted by molar-refractivity contribution is 6.35. The topological polar surface area (TPSA) is 63.7 Å². The lowest BCUT2D eigenvalue weighted by Gasteiger charge is -2.35. The van der Waals surface area contributed by atoms with Gasteiger partial charge in [0, 0.05) is 24.6 Å². The molecule has 0 aromatic rings. The normalized spacial score (nSPS) is 10.9. The molecule has 0 rings (SSSR count). The lowest BCUT2D eigenvalue weighted by Crippen LogP contribution is -2.48. The predicted molar refractivity (Wildman–Crippen MR) is 81.8 cm³/mol. The van der Waals surface area contributed by atoms with Crippen molar-refractivity contribution in [2.45, 2.75) is 59.4 Å². The molecule has 0 fully saturated rings. The summed E-state index contributed by atoms with van der Waals surface area (Å²) in [7, 11) is 0. The van der Waals surface area contributed by atoms with E-state index >= 15 is 0 Å². The summed E-state index contributed by atoms with van der Waals surface area (Å²) in [5.41, 5.74) is 0.00999. The first-order chi connectivity index (χ1) is 9.57. The van der Waals surface area contributed by atoms with E-state index in [9.17, 15) is 14.4 Å². The molecular weight excluding hydrogens is 270 g/mol. The fraction of sp³-hybridized carbons (Fsp3) is 0.688. The number of Topliss-reactive ketones (excluding diaryl/α,β-unsaturated/α-hetero) is 1. The van der Waals surface area contributed by atoms with Crippen LogP contribution in [0.5, 0.6) is 0 Å². The molecule has 0 unspecified atom stereocenters. The summed E-state index contributed by atoms with van der Waals surface area (Å²) in [4.78, 5) is 35.9. The monoisotopic (exact) mass is 297 g/mol. The van der Waals surface area contributed by atoms with Gasteiger partial charge in [-0.05, 0) is 47.0 Å². The fourth-order valence-corrected chi connectivity index (χ4v) is 1.77. The Morgan fingerprint density at radius 1 is 1.05 bits per heavy atom. The lowest BCUT2D eigenvalue weighted by molar-refractivity contribution is -0.147. The molecular formula is C16H27NO4. The summed E-state index contributed by atoms with van der Waals surface area (Å²) >= 11 is 0. The second kappa shape index (κ2) is 8.60. The Kier molecular flexibility index (Phi) is 7.92. The number of carbonyl (C=O) groups excluding carboxylic acids is 3. The van der Waals surface area contributed by atoms with E-state index in [0.29, 0.717) is 18.7 Å².